The van der Waals surface area contributed by atoms with Gasteiger partial charge in [0.25, 0.3) is 0 Å². The van der Waals surface area contributed by atoms with Gasteiger partial charge in [0.15, 0.2) is 0 Å². The van der Waals surface area contributed by atoms with Crippen LogP contribution in [0.1, 0.15) is 25.2 Å². The molecular weight excluding hydrogens is 292 g/mol. The summed E-state index contributed by atoms with van der Waals surface area (Å²) in [4.78, 5) is 23.3. The summed E-state index contributed by atoms with van der Waals surface area (Å²) >= 11 is 0. The highest BCUT2D eigenvalue weighted by atomic mass is 16.5. The van der Waals surface area contributed by atoms with Crippen LogP contribution < -0.4 is 5.32 Å². The summed E-state index contributed by atoms with van der Waals surface area (Å²) in [7, 11) is 0. The van der Waals surface area contributed by atoms with Gasteiger partial charge in [0.2, 0.25) is 0 Å². The molecule has 2 atom stereocenters. The molecule has 1 aliphatic heterocycles. The number of fused-ring (bicyclic) bond motifs is 1. The number of aryl methyl sites for hydroxylation is 2. The Hall–Kier alpha value is -2.21. The zero-order valence-corrected chi connectivity index (χ0v) is 14.0. The quantitative estimate of drug-likeness (QED) is 0.879. The molecule has 6 heteroatoms. The van der Waals surface area contributed by atoms with Gasteiger partial charge in [0, 0.05) is 18.8 Å². The molecule has 0 aliphatic carbocycles. The molecular formula is C17H22N4O2. The number of amides is 2. The zero-order valence-electron chi connectivity index (χ0n) is 14.0. The lowest BCUT2D eigenvalue weighted by atomic mass is 10.2. The molecule has 1 aromatic carbocycles. The molecule has 1 N–H and O–H groups in total. The third-order valence-electron chi connectivity index (χ3n) is 4.03. The van der Waals surface area contributed by atoms with Gasteiger partial charge in [-0.15, -0.1) is 0 Å². The maximum absolute atomic E-state index is 12.4. The van der Waals surface area contributed by atoms with Gasteiger partial charge in [0.05, 0.1) is 34.6 Å². The molecule has 1 aromatic heterocycles. The number of hydrogen-bond donors (Lipinski definition) is 1. The van der Waals surface area contributed by atoms with E-state index in [0.717, 1.165) is 28.1 Å². The number of hydrogen-bond acceptors (Lipinski definition) is 4. The molecule has 3 rings (SSSR count). The number of carbonyl (C=O) groups excluding carboxylic acids is 1. The van der Waals surface area contributed by atoms with E-state index in [1.807, 2.05) is 45.9 Å². The van der Waals surface area contributed by atoms with Crippen molar-refractivity contribution in [2.24, 2.45) is 0 Å². The van der Waals surface area contributed by atoms with Gasteiger partial charge in [-0.05, 0) is 45.9 Å². The van der Waals surface area contributed by atoms with Crippen molar-refractivity contribution in [1.82, 2.24) is 14.9 Å². The highest BCUT2D eigenvalue weighted by Crippen LogP contribution is 2.19. The average molecular weight is 314 g/mol. The first-order valence-corrected chi connectivity index (χ1v) is 7.89. The molecule has 2 amide bonds. The number of urea groups is 1. The summed E-state index contributed by atoms with van der Waals surface area (Å²) < 4.78 is 5.66. The van der Waals surface area contributed by atoms with E-state index in [-0.39, 0.29) is 18.2 Å². The molecule has 2 unspecified atom stereocenters. The molecule has 2 aromatic rings. The van der Waals surface area contributed by atoms with Gasteiger partial charge in [-0.25, -0.2) is 14.8 Å². The molecule has 23 heavy (non-hydrogen) atoms. The van der Waals surface area contributed by atoms with Crippen molar-refractivity contribution in [2.45, 2.75) is 39.9 Å². The minimum Gasteiger partial charge on any atom is -0.372 e. The number of benzene rings is 1. The zero-order chi connectivity index (χ0) is 16.6. The minimum absolute atomic E-state index is 0.0533. The van der Waals surface area contributed by atoms with Crippen molar-refractivity contribution in [3.05, 3.63) is 29.6 Å². The second kappa shape index (κ2) is 6.12. The van der Waals surface area contributed by atoms with Crippen LogP contribution in [-0.4, -0.2) is 46.2 Å². The number of ether oxygens (including phenoxy) is 1. The average Bonchev–Trinajstić information content (AvgIpc) is 2.47. The number of morpholine rings is 1. The topological polar surface area (TPSA) is 67.4 Å². The number of anilines is 1. The van der Waals surface area contributed by atoms with Gasteiger partial charge in [-0.3, -0.25) is 0 Å². The highest BCUT2D eigenvalue weighted by molar-refractivity contribution is 5.92. The first-order chi connectivity index (χ1) is 10.9. The van der Waals surface area contributed by atoms with Crippen LogP contribution in [-0.2, 0) is 4.74 Å². The first-order valence-electron chi connectivity index (χ1n) is 7.89. The van der Waals surface area contributed by atoms with Gasteiger partial charge in [-0.2, -0.15) is 0 Å². The fraction of sp³-hybridized carbons (Fsp3) is 0.471. The second-order valence-corrected chi connectivity index (χ2v) is 6.19. The number of nitrogens with one attached hydrogen (secondary N) is 1. The summed E-state index contributed by atoms with van der Waals surface area (Å²) in [6.45, 7) is 9.03. The Bertz CT molecular complexity index is 737. The van der Waals surface area contributed by atoms with Crippen molar-refractivity contribution in [2.75, 3.05) is 18.4 Å². The van der Waals surface area contributed by atoms with Crippen LogP contribution in [0.5, 0.6) is 0 Å². The van der Waals surface area contributed by atoms with Crippen LogP contribution in [0.25, 0.3) is 11.0 Å². The first kappa shape index (κ1) is 15.7. The Morgan fingerprint density at radius 1 is 1.13 bits per heavy atom. The third-order valence-corrected chi connectivity index (χ3v) is 4.03. The lowest BCUT2D eigenvalue weighted by molar-refractivity contribution is -0.0530. The van der Waals surface area contributed by atoms with Gasteiger partial charge < -0.3 is 15.0 Å². The fourth-order valence-electron chi connectivity index (χ4n) is 2.85. The Morgan fingerprint density at radius 3 is 2.39 bits per heavy atom. The number of carbonyl (C=O) groups is 1. The van der Waals surface area contributed by atoms with Gasteiger partial charge in [0.1, 0.15) is 0 Å². The predicted molar refractivity (Wildman–Crippen MR) is 89.6 cm³/mol. The summed E-state index contributed by atoms with van der Waals surface area (Å²) in [6.07, 6.45) is 0.107. The van der Waals surface area contributed by atoms with E-state index in [0.29, 0.717) is 13.1 Å². The van der Waals surface area contributed by atoms with E-state index in [9.17, 15) is 4.79 Å². The number of nitrogens with zero attached hydrogens (tertiary/aromatic N) is 3. The van der Waals surface area contributed by atoms with Crippen LogP contribution in [0.3, 0.4) is 0 Å². The second-order valence-electron chi connectivity index (χ2n) is 6.19. The SMILES string of the molecule is Cc1nc2ccc(NC(=O)N3CC(C)OC(C)C3)cc2nc1C. The molecule has 0 saturated carbocycles. The molecule has 1 saturated heterocycles. The Labute approximate surface area is 135 Å². The van der Waals surface area contributed by atoms with Crippen LogP contribution in [0.15, 0.2) is 18.2 Å². The third kappa shape index (κ3) is 3.42. The fourth-order valence-corrected chi connectivity index (χ4v) is 2.85. The molecule has 0 radical (unpaired) electrons. The summed E-state index contributed by atoms with van der Waals surface area (Å²) in [5.74, 6) is 0. The highest BCUT2D eigenvalue weighted by Gasteiger charge is 2.25. The van der Waals surface area contributed by atoms with Crippen LogP contribution in [0.4, 0.5) is 10.5 Å². The van der Waals surface area contributed by atoms with Crippen LogP contribution in [0, 0.1) is 13.8 Å². The summed E-state index contributed by atoms with van der Waals surface area (Å²) in [6, 6.07) is 5.49. The van der Waals surface area contributed by atoms with Crippen molar-refractivity contribution in [3.63, 3.8) is 0 Å². The molecule has 1 fully saturated rings. The predicted octanol–water partition coefficient (Wildman–Crippen LogP) is 2.89. The van der Waals surface area contributed by atoms with E-state index in [4.69, 9.17) is 4.74 Å². The van der Waals surface area contributed by atoms with Crippen LogP contribution in [0.2, 0.25) is 0 Å². The van der Waals surface area contributed by atoms with E-state index in [1.165, 1.54) is 0 Å². The maximum atomic E-state index is 12.4. The van der Waals surface area contributed by atoms with E-state index < -0.39 is 0 Å². The molecule has 0 spiro atoms. The van der Waals surface area contributed by atoms with Crippen molar-refractivity contribution < 1.29 is 9.53 Å². The van der Waals surface area contributed by atoms with E-state index >= 15 is 0 Å². The van der Waals surface area contributed by atoms with E-state index in [1.54, 1.807) is 4.90 Å². The monoisotopic (exact) mass is 314 g/mol. The summed E-state index contributed by atoms with van der Waals surface area (Å²) in [5.41, 5.74) is 4.17. The number of aromatic nitrogens is 2. The molecule has 1 aliphatic rings. The smallest absolute Gasteiger partial charge is 0.322 e. The lowest BCUT2D eigenvalue weighted by Crippen LogP contribution is -2.49. The Balaban J connectivity index is 1.78. The Morgan fingerprint density at radius 2 is 1.74 bits per heavy atom. The molecule has 0 bridgehead atoms. The normalized spacial score (nSPS) is 21.5. The minimum atomic E-state index is -0.108. The van der Waals surface area contributed by atoms with Crippen LogP contribution >= 0.6 is 0 Å². The summed E-state index contributed by atoms with van der Waals surface area (Å²) in [5, 5.41) is 2.94. The van der Waals surface area contributed by atoms with Gasteiger partial charge >= 0.3 is 6.03 Å². The maximum Gasteiger partial charge on any atom is 0.322 e. The molecule has 2 heterocycles. The Kier molecular flexibility index (Phi) is 4.17. The number of rotatable bonds is 1. The van der Waals surface area contributed by atoms with E-state index in [2.05, 4.69) is 15.3 Å². The molecule has 6 nitrogen and oxygen atoms in total. The lowest BCUT2D eigenvalue weighted by Gasteiger charge is -2.35. The van der Waals surface area contributed by atoms with Crippen molar-refractivity contribution in [1.29, 1.82) is 0 Å². The molecule has 122 valence electrons. The van der Waals surface area contributed by atoms with Crippen molar-refractivity contribution in [3.8, 4) is 0 Å². The standard InChI is InChI=1S/C17H22N4O2/c1-10-8-21(9-11(2)23-10)17(22)20-14-5-6-15-16(7-14)19-13(4)12(3)18-15/h5-7,10-11H,8-9H2,1-4H3,(H,20,22). The van der Waals surface area contributed by atoms with Crippen molar-refractivity contribution >= 4 is 22.8 Å². The van der Waals surface area contributed by atoms with Gasteiger partial charge in [-0.1, -0.05) is 0 Å². The largest absolute Gasteiger partial charge is 0.372 e.